The molecular weight excluding hydrogens is 258 g/mol. The van der Waals surface area contributed by atoms with Crippen LogP contribution in [0.15, 0.2) is 18.2 Å². The Morgan fingerprint density at radius 3 is 2.60 bits per heavy atom. The lowest BCUT2D eigenvalue weighted by Gasteiger charge is -2.38. The Morgan fingerprint density at radius 2 is 2.10 bits per heavy atom. The maximum Gasteiger partial charge on any atom is 0.329 e. The van der Waals surface area contributed by atoms with Gasteiger partial charge in [0.25, 0.3) is 0 Å². The summed E-state index contributed by atoms with van der Waals surface area (Å²) in [5.41, 5.74) is 0.758. The highest BCUT2D eigenvalue weighted by Crippen LogP contribution is 2.32. The molecule has 0 heterocycles. The van der Waals surface area contributed by atoms with Gasteiger partial charge in [-0.15, -0.1) is 0 Å². The number of carbonyl (C=O) groups excluding carboxylic acids is 1. The summed E-state index contributed by atoms with van der Waals surface area (Å²) in [6.07, 6.45) is 2.01. The van der Waals surface area contributed by atoms with E-state index in [1.54, 1.807) is 7.11 Å². The molecule has 5 heteroatoms. The third kappa shape index (κ3) is 2.76. The Hall–Kier alpha value is -2.04. The van der Waals surface area contributed by atoms with Crippen molar-refractivity contribution in [3.8, 4) is 5.75 Å². The molecule has 0 aromatic heterocycles. The number of hydrogen-bond acceptors (Lipinski definition) is 3. The van der Waals surface area contributed by atoms with Crippen molar-refractivity contribution >= 4 is 11.9 Å². The average Bonchev–Trinajstić information content (AvgIpc) is 2.35. The molecule has 1 aliphatic rings. The SMILES string of the molecule is COc1cc(CC(=O)NC2(C(=O)O)CCC2)ccc1C. The van der Waals surface area contributed by atoms with E-state index in [1.807, 2.05) is 25.1 Å². The molecule has 0 bridgehead atoms. The molecule has 0 radical (unpaired) electrons. The largest absolute Gasteiger partial charge is 0.496 e. The maximum atomic E-state index is 12.0. The van der Waals surface area contributed by atoms with Crippen molar-refractivity contribution in [1.29, 1.82) is 0 Å². The second-order valence-electron chi connectivity index (χ2n) is 5.27. The van der Waals surface area contributed by atoms with Crippen molar-refractivity contribution in [1.82, 2.24) is 5.32 Å². The summed E-state index contributed by atoms with van der Waals surface area (Å²) in [7, 11) is 1.58. The third-order valence-electron chi connectivity index (χ3n) is 3.83. The van der Waals surface area contributed by atoms with Gasteiger partial charge in [0.15, 0.2) is 0 Å². The van der Waals surface area contributed by atoms with E-state index in [2.05, 4.69) is 5.32 Å². The number of aryl methyl sites for hydroxylation is 1. The highest BCUT2D eigenvalue weighted by atomic mass is 16.5. The Morgan fingerprint density at radius 1 is 1.40 bits per heavy atom. The Kier molecular flexibility index (Phi) is 3.97. The van der Waals surface area contributed by atoms with Gasteiger partial charge >= 0.3 is 5.97 Å². The minimum absolute atomic E-state index is 0.158. The van der Waals surface area contributed by atoms with Crippen molar-refractivity contribution < 1.29 is 19.4 Å². The molecule has 1 fully saturated rings. The van der Waals surface area contributed by atoms with Crippen LogP contribution >= 0.6 is 0 Å². The van der Waals surface area contributed by atoms with E-state index in [1.165, 1.54) is 0 Å². The maximum absolute atomic E-state index is 12.0. The zero-order valence-corrected chi connectivity index (χ0v) is 11.7. The van der Waals surface area contributed by atoms with Crippen LogP contribution in [0, 0.1) is 6.92 Å². The first kappa shape index (κ1) is 14.4. The summed E-state index contributed by atoms with van der Waals surface area (Å²) in [6, 6.07) is 5.55. The van der Waals surface area contributed by atoms with Gasteiger partial charge in [-0.1, -0.05) is 12.1 Å². The third-order valence-corrected chi connectivity index (χ3v) is 3.83. The standard InChI is InChI=1S/C15H19NO4/c1-10-4-5-11(8-12(10)20-2)9-13(17)16-15(14(18)19)6-3-7-15/h4-5,8H,3,6-7,9H2,1-2H3,(H,16,17)(H,18,19). The molecule has 2 N–H and O–H groups in total. The van der Waals surface area contributed by atoms with Gasteiger partial charge in [-0.3, -0.25) is 4.79 Å². The highest BCUT2D eigenvalue weighted by molar-refractivity contribution is 5.88. The molecule has 20 heavy (non-hydrogen) atoms. The first-order valence-electron chi connectivity index (χ1n) is 6.65. The van der Waals surface area contributed by atoms with Gasteiger partial charge in [0.2, 0.25) is 5.91 Å². The molecule has 1 saturated carbocycles. The van der Waals surface area contributed by atoms with Crippen LogP contribution in [-0.4, -0.2) is 29.6 Å². The molecule has 0 saturated heterocycles. The summed E-state index contributed by atoms with van der Waals surface area (Å²) < 4.78 is 5.21. The molecule has 0 spiro atoms. The fourth-order valence-corrected chi connectivity index (χ4v) is 2.39. The lowest BCUT2D eigenvalue weighted by atomic mass is 9.76. The lowest BCUT2D eigenvalue weighted by molar-refractivity contribution is -0.151. The van der Waals surface area contributed by atoms with Gasteiger partial charge in [-0.25, -0.2) is 4.79 Å². The van der Waals surface area contributed by atoms with Gasteiger partial charge < -0.3 is 15.2 Å². The number of aliphatic carboxylic acids is 1. The van der Waals surface area contributed by atoms with Crippen LogP contribution in [0.1, 0.15) is 30.4 Å². The normalized spacial score (nSPS) is 16.1. The predicted molar refractivity (Wildman–Crippen MR) is 73.8 cm³/mol. The van der Waals surface area contributed by atoms with Crippen LogP contribution in [0.3, 0.4) is 0 Å². The summed E-state index contributed by atoms with van der Waals surface area (Å²) in [6.45, 7) is 1.93. The molecule has 1 aromatic rings. The van der Waals surface area contributed by atoms with Crippen LogP contribution in [0.2, 0.25) is 0 Å². The van der Waals surface area contributed by atoms with Crippen LogP contribution in [0.5, 0.6) is 5.75 Å². The zero-order valence-electron chi connectivity index (χ0n) is 11.7. The van der Waals surface area contributed by atoms with E-state index < -0.39 is 11.5 Å². The van der Waals surface area contributed by atoms with Gasteiger partial charge in [-0.2, -0.15) is 0 Å². The Bertz CT molecular complexity index is 535. The molecule has 1 aliphatic carbocycles. The summed E-state index contributed by atoms with van der Waals surface area (Å²) in [5.74, 6) is -0.483. The zero-order chi connectivity index (χ0) is 14.8. The van der Waals surface area contributed by atoms with Crippen LogP contribution in [0.25, 0.3) is 0 Å². The lowest BCUT2D eigenvalue weighted by Crippen LogP contribution is -2.59. The number of nitrogens with one attached hydrogen (secondary N) is 1. The number of hydrogen-bond donors (Lipinski definition) is 2. The topological polar surface area (TPSA) is 75.6 Å². The van der Waals surface area contributed by atoms with Gasteiger partial charge in [0, 0.05) is 0 Å². The van der Waals surface area contributed by atoms with Crippen LogP contribution in [0.4, 0.5) is 0 Å². The highest BCUT2D eigenvalue weighted by Gasteiger charge is 2.45. The van der Waals surface area contributed by atoms with Gasteiger partial charge in [-0.05, 0) is 43.4 Å². The number of benzene rings is 1. The van der Waals surface area contributed by atoms with E-state index in [0.717, 1.165) is 23.3 Å². The number of carbonyl (C=O) groups is 2. The minimum Gasteiger partial charge on any atom is -0.496 e. The minimum atomic E-state index is -1.05. The van der Waals surface area contributed by atoms with E-state index in [0.29, 0.717) is 12.8 Å². The summed E-state index contributed by atoms with van der Waals surface area (Å²) in [4.78, 5) is 23.2. The van der Waals surface area contributed by atoms with Crippen LogP contribution in [-0.2, 0) is 16.0 Å². The molecular formula is C15H19NO4. The quantitative estimate of drug-likeness (QED) is 0.858. The fraction of sp³-hybridized carbons (Fsp3) is 0.467. The summed E-state index contributed by atoms with van der Waals surface area (Å²) in [5, 5.41) is 11.8. The predicted octanol–water partition coefficient (Wildman–Crippen LogP) is 1.67. The Balaban J connectivity index is 2.03. The number of methoxy groups -OCH3 is 1. The average molecular weight is 277 g/mol. The molecule has 1 amide bonds. The van der Waals surface area contributed by atoms with E-state index in [9.17, 15) is 14.7 Å². The first-order chi connectivity index (χ1) is 9.47. The van der Waals surface area contributed by atoms with E-state index in [-0.39, 0.29) is 12.3 Å². The molecule has 108 valence electrons. The molecule has 5 nitrogen and oxygen atoms in total. The second-order valence-corrected chi connectivity index (χ2v) is 5.27. The molecule has 1 aromatic carbocycles. The smallest absolute Gasteiger partial charge is 0.329 e. The number of amides is 1. The van der Waals surface area contributed by atoms with Crippen molar-refractivity contribution in [2.75, 3.05) is 7.11 Å². The van der Waals surface area contributed by atoms with Crippen molar-refractivity contribution in [2.45, 2.75) is 38.1 Å². The first-order valence-corrected chi connectivity index (χ1v) is 6.65. The fourth-order valence-electron chi connectivity index (χ4n) is 2.39. The number of carboxylic acid groups (broad SMARTS) is 1. The van der Waals surface area contributed by atoms with Crippen molar-refractivity contribution in [3.05, 3.63) is 29.3 Å². The van der Waals surface area contributed by atoms with E-state index >= 15 is 0 Å². The molecule has 0 unspecified atom stereocenters. The number of ether oxygens (including phenoxy) is 1. The van der Waals surface area contributed by atoms with Crippen LogP contribution < -0.4 is 10.1 Å². The van der Waals surface area contributed by atoms with Crippen molar-refractivity contribution in [2.24, 2.45) is 0 Å². The monoisotopic (exact) mass is 277 g/mol. The van der Waals surface area contributed by atoms with Gasteiger partial charge in [0.1, 0.15) is 11.3 Å². The van der Waals surface area contributed by atoms with Gasteiger partial charge in [0.05, 0.1) is 13.5 Å². The second kappa shape index (κ2) is 5.53. The number of rotatable bonds is 5. The molecule has 0 atom stereocenters. The summed E-state index contributed by atoms with van der Waals surface area (Å²) >= 11 is 0. The number of carboxylic acids is 1. The molecule has 2 rings (SSSR count). The van der Waals surface area contributed by atoms with Crippen molar-refractivity contribution in [3.63, 3.8) is 0 Å². The Labute approximate surface area is 117 Å². The molecule has 0 aliphatic heterocycles. The van der Waals surface area contributed by atoms with E-state index in [4.69, 9.17) is 4.74 Å².